The fourth-order valence-corrected chi connectivity index (χ4v) is 5.44. The van der Waals surface area contributed by atoms with Crippen LogP contribution in [0.25, 0.3) is 0 Å². The Kier molecular flexibility index (Phi) is 6.28. The highest BCUT2D eigenvalue weighted by Gasteiger charge is 2.30. The molecule has 0 saturated carbocycles. The van der Waals surface area contributed by atoms with Gasteiger partial charge in [-0.2, -0.15) is 4.37 Å². The first-order chi connectivity index (χ1) is 14.8. The molecule has 0 unspecified atom stereocenters. The summed E-state index contributed by atoms with van der Waals surface area (Å²) >= 11 is 0.785. The summed E-state index contributed by atoms with van der Waals surface area (Å²) in [4.78, 5) is 4.86. The van der Waals surface area contributed by atoms with Gasteiger partial charge in [0.05, 0.1) is 6.10 Å². The molecule has 2 heterocycles. The van der Waals surface area contributed by atoms with Crippen molar-refractivity contribution in [3.8, 4) is 0 Å². The van der Waals surface area contributed by atoms with Gasteiger partial charge in [0, 0.05) is 36.2 Å². The van der Waals surface area contributed by atoms with Gasteiger partial charge in [-0.15, -0.1) is 0 Å². The van der Waals surface area contributed by atoms with Crippen LogP contribution in [0.2, 0.25) is 0 Å². The van der Waals surface area contributed by atoms with Crippen molar-refractivity contribution in [1.29, 1.82) is 0 Å². The third-order valence-electron chi connectivity index (χ3n) is 5.22. The Morgan fingerprint density at radius 1 is 1.19 bits per heavy atom. The van der Waals surface area contributed by atoms with Crippen molar-refractivity contribution in [2.45, 2.75) is 36.4 Å². The van der Waals surface area contributed by atoms with E-state index in [2.05, 4.69) is 14.1 Å². The van der Waals surface area contributed by atoms with Crippen molar-refractivity contribution >= 4 is 26.7 Å². The lowest BCUT2D eigenvalue weighted by Gasteiger charge is -2.38. The van der Waals surface area contributed by atoms with E-state index in [0.717, 1.165) is 29.5 Å². The van der Waals surface area contributed by atoms with Crippen LogP contribution in [0, 0.1) is 11.6 Å². The third kappa shape index (κ3) is 4.90. The van der Waals surface area contributed by atoms with Crippen LogP contribution in [0.5, 0.6) is 0 Å². The second-order valence-electron chi connectivity index (χ2n) is 7.30. The molecule has 164 valence electrons. The number of aromatic nitrogens is 2. The number of rotatable bonds is 6. The Labute approximate surface area is 182 Å². The SMILES string of the molecule is O=S(=O)(Nc1ncns1)c1cc(F)c(CN2CC[C@H](O)C[C@@H]2c2ccccc2)cc1F. The van der Waals surface area contributed by atoms with E-state index in [0.29, 0.717) is 25.5 Å². The number of sulfonamides is 1. The van der Waals surface area contributed by atoms with Crippen molar-refractivity contribution in [2.75, 3.05) is 11.3 Å². The second kappa shape index (κ2) is 8.95. The summed E-state index contributed by atoms with van der Waals surface area (Å²) < 4.78 is 60.2. The van der Waals surface area contributed by atoms with Gasteiger partial charge in [-0.1, -0.05) is 30.3 Å². The van der Waals surface area contributed by atoms with Crippen LogP contribution in [0.3, 0.4) is 0 Å². The van der Waals surface area contributed by atoms with Crippen LogP contribution in [0.4, 0.5) is 13.9 Å². The average Bonchev–Trinajstić information content (AvgIpc) is 3.24. The highest BCUT2D eigenvalue weighted by atomic mass is 32.2. The third-order valence-corrected chi connectivity index (χ3v) is 7.28. The maximum absolute atomic E-state index is 14.8. The van der Waals surface area contributed by atoms with Gasteiger partial charge in [-0.3, -0.25) is 9.62 Å². The van der Waals surface area contributed by atoms with Gasteiger partial charge in [-0.25, -0.2) is 22.2 Å². The minimum absolute atomic E-state index is 0.0403. The molecule has 0 radical (unpaired) electrons. The lowest BCUT2D eigenvalue weighted by Crippen LogP contribution is -2.38. The van der Waals surface area contributed by atoms with E-state index < -0.39 is 32.7 Å². The Morgan fingerprint density at radius 2 is 1.97 bits per heavy atom. The van der Waals surface area contributed by atoms with Gasteiger partial charge in [-0.05, 0) is 30.5 Å². The Balaban J connectivity index is 1.59. The highest BCUT2D eigenvalue weighted by molar-refractivity contribution is 7.93. The second-order valence-corrected chi connectivity index (χ2v) is 9.73. The molecule has 4 rings (SSSR count). The fraction of sp³-hybridized carbons (Fsp3) is 0.300. The topological polar surface area (TPSA) is 95.4 Å². The number of aliphatic hydroxyl groups excluding tert-OH is 1. The summed E-state index contributed by atoms with van der Waals surface area (Å²) in [5.74, 6) is -1.88. The van der Waals surface area contributed by atoms with Gasteiger partial charge in [0.2, 0.25) is 5.13 Å². The highest BCUT2D eigenvalue weighted by Crippen LogP contribution is 2.33. The number of likely N-dealkylation sites (tertiary alicyclic amines) is 1. The normalized spacial score (nSPS) is 20.0. The number of anilines is 1. The largest absolute Gasteiger partial charge is 0.393 e. The number of halogens is 2. The maximum atomic E-state index is 14.8. The lowest BCUT2D eigenvalue weighted by molar-refractivity contribution is 0.0358. The summed E-state index contributed by atoms with van der Waals surface area (Å²) in [6.07, 6.45) is 1.68. The van der Waals surface area contributed by atoms with Crippen LogP contribution in [0.1, 0.15) is 30.0 Å². The Bertz CT molecular complexity index is 1140. The zero-order valence-corrected chi connectivity index (χ0v) is 17.9. The fourth-order valence-electron chi connectivity index (χ4n) is 3.71. The lowest BCUT2D eigenvalue weighted by atomic mass is 9.93. The summed E-state index contributed by atoms with van der Waals surface area (Å²) in [5.41, 5.74) is 1.02. The van der Waals surface area contributed by atoms with Gasteiger partial charge >= 0.3 is 0 Å². The first kappa shape index (κ1) is 21.8. The molecule has 0 amide bonds. The van der Waals surface area contributed by atoms with Crippen molar-refractivity contribution in [3.05, 3.63) is 71.6 Å². The molecule has 7 nitrogen and oxygen atoms in total. The summed E-state index contributed by atoms with van der Waals surface area (Å²) in [6, 6.07) is 11.0. The number of nitrogens with zero attached hydrogens (tertiary/aromatic N) is 3. The zero-order valence-electron chi connectivity index (χ0n) is 16.3. The molecule has 1 aromatic heterocycles. The average molecular weight is 467 g/mol. The zero-order chi connectivity index (χ0) is 22.0. The summed E-state index contributed by atoms with van der Waals surface area (Å²) in [7, 11) is -4.35. The van der Waals surface area contributed by atoms with Crippen molar-refractivity contribution in [2.24, 2.45) is 0 Å². The smallest absolute Gasteiger partial charge is 0.266 e. The van der Waals surface area contributed by atoms with E-state index in [-0.39, 0.29) is 23.3 Å². The maximum Gasteiger partial charge on any atom is 0.266 e. The molecule has 31 heavy (non-hydrogen) atoms. The van der Waals surface area contributed by atoms with E-state index in [1.807, 2.05) is 35.2 Å². The molecular weight excluding hydrogens is 446 g/mol. The van der Waals surface area contributed by atoms with Crippen LogP contribution in [0.15, 0.2) is 53.7 Å². The molecule has 2 atom stereocenters. The summed E-state index contributed by atoms with van der Waals surface area (Å²) in [6.45, 7) is 0.583. The van der Waals surface area contributed by atoms with Gasteiger partial charge in [0.15, 0.2) is 0 Å². The number of hydrogen-bond donors (Lipinski definition) is 2. The molecule has 1 fully saturated rings. The molecule has 1 saturated heterocycles. The minimum Gasteiger partial charge on any atom is -0.393 e. The molecule has 0 aliphatic carbocycles. The van der Waals surface area contributed by atoms with Crippen molar-refractivity contribution in [1.82, 2.24) is 14.3 Å². The van der Waals surface area contributed by atoms with Crippen molar-refractivity contribution < 1.29 is 22.3 Å². The van der Waals surface area contributed by atoms with Crippen LogP contribution in [-0.2, 0) is 16.6 Å². The number of piperidine rings is 1. The van der Waals surface area contributed by atoms with Gasteiger partial charge in [0.1, 0.15) is 22.9 Å². The van der Waals surface area contributed by atoms with Crippen molar-refractivity contribution in [3.63, 3.8) is 0 Å². The molecule has 2 N–H and O–H groups in total. The van der Waals surface area contributed by atoms with E-state index in [9.17, 15) is 22.3 Å². The first-order valence-corrected chi connectivity index (χ1v) is 11.8. The predicted molar refractivity (Wildman–Crippen MR) is 112 cm³/mol. The molecule has 1 aliphatic rings. The van der Waals surface area contributed by atoms with Crippen LogP contribution < -0.4 is 4.72 Å². The molecule has 0 bridgehead atoms. The van der Waals surface area contributed by atoms with Gasteiger partial charge < -0.3 is 5.11 Å². The quantitative estimate of drug-likeness (QED) is 0.579. The van der Waals surface area contributed by atoms with Gasteiger partial charge in [0.25, 0.3) is 10.0 Å². The molecule has 1 aliphatic heterocycles. The van der Waals surface area contributed by atoms with E-state index in [1.54, 1.807) is 0 Å². The minimum atomic E-state index is -4.35. The number of hydrogen-bond acceptors (Lipinski definition) is 7. The van der Waals surface area contributed by atoms with E-state index in [4.69, 9.17) is 0 Å². The molecule has 2 aromatic carbocycles. The standard InChI is InChI=1S/C20H20F2N4O3S2/c21-16-10-19(31(28,29)25-20-23-12-24-30-20)17(22)8-14(16)11-26-7-6-15(27)9-18(26)13-4-2-1-3-5-13/h1-5,8,10,12,15,18,27H,6-7,9,11H2,(H,23,24,25)/t15-,18+/m0/s1. The Morgan fingerprint density at radius 3 is 2.68 bits per heavy atom. The molecular formula is C20H20F2N4O3S2. The Hall–Kier alpha value is -2.47. The monoisotopic (exact) mass is 466 g/mol. The van der Waals surface area contributed by atoms with E-state index >= 15 is 0 Å². The molecule has 0 spiro atoms. The van der Waals surface area contributed by atoms with E-state index in [1.165, 1.54) is 0 Å². The number of benzene rings is 2. The van der Waals surface area contributed by atoms with Crippen LogP contribution in [-0.4, -0.2) is 40.4 Å². The molecule has 11 heteroatoms. The number of aliphatic hydroxyl groups is 1. The van der Waals surface area contributed by atoms with Crippen LogP contribution >= 0.6 is 11.5 Å². The first-order valence-electron chi connectivity index (χ1n) is 9.58. The summed E-state index contributed by atoms with van der Waals surface area (Å²) in [5, 5.41) is 10.1. The predicted octanol–water partition coefficient (Wildman–Crippen LogP) is 3.32. The molecule has 3 aromatic rings. The number of nitrogens with one attached hydrogen (secondary N) is 1.